The highest BCUT2D eigenvalue weighted by Crippen LogP contribution is 2.45. The number of rotatable bonds is 2. The highest BCUT2D eigenvalue weighted by atomic mass is 79.9. The Balaban J connectivity index is 4.95. The van der Waals surface area contributed by atoms with Crippen molar-refractivity contribution >= 4 is 15.9 Å². The Hall–Kier alpha value is 0.260. The van der Waals surface area contributed by atoms with Crippen LogP contribution in [0.25, 0.3) is 0 Å². The van der Waals surface area contributed by atoms with Gasteiger partial charge in [0.15, 0.2) is 5.60 Å². The largest absolute Gasteiger partial charge is 0.381 e. The van der Waals surface area contributed by atoms with Crippen molar-refractivity contribution in [1.82, 2.24) is 0 Å². The fourth-order valence-corrected chi connectivity index (χ4v) is 1.60. The molecule has 1 atom stereocenters. The third kappa shape index (κ3) is 1.95. The second kappa shape index (κ2) is 3.20. The maximum absolute atomic E-state index is 12.9. The number of hydrogen-bond donors (Lipinski definition) is 2. The predicted molar refractivity (Wildman–Crippen MR) is 47.3 cm³/mol. The standard InChI is InChI=1S/C7H14BrF2NO/c1-5(2,3)6(12,4-11)7(8,9)10/h12H,4,11H2,1-3H3. The molecule has 0 aromatic carbocycles. The Morgan fingerprint density at radius 3 is 1.67 bits per heavy atom. The minimum Gasteiger partial charge on any atom is -0.381 e. The molecule has 0 bridgehead atoms. The fourth-order valence-electron chi connectivity index (χ4n) is 0.847. The molecule has 0 amide bonds. The lowest BCUT2D eigenvalue weighted by molar-refractivity contribution is -0.168. The van der Waals surface area contributed by atoms with E-state index in [0.717, 1.165) is 0 Å². The SMILES string of the molecule is CC(C)(C)C(O)(CN)C(F)(F)Br. The van der Waals surface area contributed by atoms with Gasteiger partial charge in [-0.3, -0.25) is 0 Å². The van der Waals surface area contributed by atoms with E-state index in [2.05, 4.69) is 15.9 Å². The molecule has 0 aliphatic heterocycles. The molecular formula is C7H14BrF2NO. The Kier molecular flexibility index (Phi) is 3.26. The molecule has 3 N–H and O–H groups in total. The van der Waals surface area contributed by atoms with Crippen LogP contribution in [0.2, 0.25) is 0 Å². The minimum absolute atomic E-state index is 0.491. The van der Waals surface area contributed by atoms with Gasteiger partial charge in [-0.1, -0.05) is 20.8 Å². The smallest absolute Gasteiger partial charge is 0.331 e. The quantitative estimate of drug-likeness (QED) is 0.728. The summed E-state index contributed by atoms with van der Waals surface area (Å²) in [4.78, 5) is -3.37. The Morgan fingerprint density at radius 2 is 1.67 bits per heavy atom. The lowest BCUT2D eigenvalue weighted by Gasteiger charge is -2.41. The summed E-state index contributed by atoms with van der Waals surface area (Å²) in [5, 5.41) is 9.57. The van der Waals surface area contributed by atoms with Gasteiger partial charge in [0.25, 0.3) is 0 Å². The van der Waals surface area contributed by atoms with Crippen LogP contribution >= 0.6 is 15.9 Å². The van der Waals surface area contributed by atoms with Crippen LogP contribution in [-0.2, 0) is 0 Å². The molecule has 12 heavy (non-hydrogen) atoms. The molecule has 5 heteroatoms. The first-order chi connectivity index (χ1) is 5.06. The molecule has 0 aliphatic carbocycles. The predicted octanol–water partition coefficient (Wildman–Crippen LogP) is 1.71. The summed E-state index contributed by atoms with van der Waals surface area (Å²) < 4.78 is 25.7. The fraction of sp³-hybridized carbons (Fsp3) is 1.00. The molecule has 0 saturated heterocycles. The molecule has 0 aliphatic rings. The van der Waals surface area contributed by atoms with Crippen LogP contribution in [0.4, 0.5) is 8.78 Å². The lowest BCUT2D eigenvalue weighted by atomic mass is 9.76. The summed E-state index contributed by atoms with van der Waals surface area (Å²) in [6.45, 7) is 4.04. The first-order valence-electron chi connectivity index (χ1n) is 3.55. The van der Waals surface area contributed by atoms with Crippen molar-refractivity contribution in [3.8, 4) is 0 Å². The molecule has 0 radical (unpaired) electrons. The van der Waals surface area contributed by atoms with Gasteiger partial charge in [-0.05, 0) is 21.3 Å². The van der Waals surface area contributed by atoms with Gasteiger partial charge in [-0.15, -0.1) is 0 Å². The summed E-state index contributed by atoms with van der Waals surface area (Å²) >= 11 is 2.13. The molecular weight excluding hydrogens is 232 g/mol. The summed E-state index contributed by atoms with van der Waals surface area (Å²) in [5.41, 5.74) is 1.92. The van der Waals surface area contributed by atoms with Gasteiger partial charge >= 0.3 is 4.83 Å². The third-order valence-electron chi connectivity index (χ3n) is 2.01. The van der Waals surface area contributed by atoms with Gasteiger partial charge in [0.1, 0.15) is 0 Å². The first kappa shape index (κ1) is 12.3. The second-order valence-corrected chi connectivity index (χ2v) is 4.81. The maximum Gasteiger partial charge on any atom is 0.331 e. The molecule has 74 valence electrons. The van der Waals surface area contributed by atoms with E-state index < -0.39 is 22.4 Å². The Labute approximate surface area is 79.3 Å². The number of hydrogen-bond acceptors (Lipinski definition) is 2. The Bertz CT molecular complexity index is 148. The van der Waals surface area contributed by atoms with Crippen molar-refractivity contribution in [2.24, 2.45) is 11.1 Å². The van der Waals surface area contributed by atoms with Gasteiger partial charge in [0.2, 0.25) is 0 Å². The molecule has 0 spiro atoms. The van der Waals surface area contributed by atoms with Crippen LogP contribution in [0.3, 0.4) is 0 Å². The van der Waals surface area contributed by atoms with E-state index in [1.807, 2.05) is 0 Å². The van der Waals surface area contributed by atoms with Crippen LogP contribution in [0, 0.1) is 5.41 Å². The zero-order valence-electron chi connectivity index (χ0n) is 7.37. The van der Waals surface area contributed by atoms with Gasteiger partial charge in [0.05, 0.1) is 0 Å². The van der Waals surface area contributed by atoms with Crippen molar-refractivity contribution in [3.05, 3.63) is 0 Å². The molecule has 1 unspecified atom stereocenters. The number of halogens is 3. The van der Waals surface area contributed by atoms with E-state index in [1.54, 1.807) is 0 Å². The van der Waals surface area contributed by atoms with E-state index in [4.69, 9.17) is 5.73 Å². The molecule has 0 heterocycles. The summed E-state index contributed by atoms with van der Waals surface area (Å²) in [6, 6.07) is 0. The third-order valence-corrected chi connectivity index (χ3v) is 2.66. The molecule has 2 nitrogen and oxygen atoms in total. The normalized spacial score (nSPS) is 19.0. The molecule has 0 rings (SSSR count). The average molecular weight is 246 g/mol. The highest BCUT2D eigenvalue weighted by Gasteiger charge is 2.57. The van der Waals surface area contributed by atoms with Crippen molar-refractivity contribution in [1.29, 1.82) is 0 Å². The van der Waals surface area contributed by atoms with Crippen LogP contribution in [-0.4, -0.2) is 22.1 Å². The van der Waals surface area contributed by atoms with Gasteiger partial charge in [0, 0.05) is 6.54 Å². The van der Waals surface area contributed by atoms with Gasteiger partial charge < -0.3 is 10.8 Å². The first-order valence-corrected chi connectivity index (χ1v) is 4.35. The number of nitrogens with two attached hydrogens (primary N) is 1. The lowest BCUT2D eigenvalue weighted by Crippen LogP contribution is -2.59. The van der Waals surface area contributed by atoms with E-state index in [0.29, 0.717) is 0 Å². The Morgan fingerprint density at radius 1 is 1.33 bits per heavy atom. The van der Waals surface area contributed by atoms with E-state index in [9.17, 15) is 13.9 Å². The molecule has 0 aromatic heterocycles. The minimum atomic E-state index is -3.37. The van der Waals surface area contributed by atoms with Crippen LogP contribution in [0.1, 0.15) is 20.8 Å². The van der Waals surface area contributed by atoms with Crippen molar-refractivity contribution in [2.75, 3.05) is 6.54 Å². The van der Waals surface area contributed by atoms with Crippen molar-refractivity contribution in [2.45, 2.75) is 31.2 Å². The molecule has 0 aromatic rings. The number of alkyl halides is 3. The van der Waals surface area contributed by atoms with Crippen LogP contribution < -0.4 is 5.73 Å². The average Bonchev–Trinajstić information content (AvgIpc) is 1.81. The van der Waals surface area contributed by atoms with E-state index in [-0.39, 0.29) is 0 Å². The molecule has 0 saturated carbocycles. The van der Waals surface area contributed by atoms with Crippen molar-refractivity contribution in [3.63, 3.8) is 0 Å². The second-order valence-electron chi connectivity index (χ2n) is 3.81. The zero-order valence-corrected chi connectivity index (χ0v) is 8.95. The summed E-state index contributed by atoms with van der Waals surface area (Å²) in [5.74, 6) is 0. The van der Waals surface area contributed by atoms with Gasteiger partial charge in [-0.25, -0.2) is 0 Å². The van der Waals surface area contributed by atoms with E-state index in [1.165, 1.54) is 20.8 Å². The maximum atomic E-state index is 12.9. The highest BCUT2D eigenvalue weighted by molar-refractivity contribution is 9.10. The van der Waals surface area contributed by atoms with E-state index >= 15 is 0 Å². The monoisotopic (exact) mass is 245 g/mol. The van der Waals surface area contributed by atoms with Crippen LogP contribution in [0.15, 0.2) is 0 Å². The summed E-state index contributed by atoms with van der Waals surface area (Å²) in [6.07, 6.45) is 0. The van der Waals surface area contributed by atoms with Gasteiger partial charge in [-0.2, -0.15) is 8.78 Å². The van der Waals surface area contributed by atoms with Crippen molar-refractivity contribution < 1.29 is 13.9 Å². The van der Waals surface area contributed by atoms with Crippen LogP contribution in [0.5, 0.6) is 0 Å². The number of aliphatic hydroxyl groups is 1. The molecule has 0 fully saturated rings. The topological polar surface area (TPSA) is 46.2 Å². The summed E-state index contributed by atoms with van der Waals surface area (Å²) in [7, 11) is 0. The zero-order chi connectivity index (χ0) is 10.2.